The smallest absolute Gasteiger partial charge is 0.0589 e. The molecule has 0 saturated carbocycles. The van der Waals surface area contributed by atoms with E-state index >= 15 is 0 Å². The molecule has 3 nitrogen and oxygen atoms in total. The molecule has 0 aromatic carbocycles. The lowest BCUT2D eigenvalue weighted by Crippen LogP contribution is -2.56. The van der Waals surface area contributed by atoms with Crippen LogP contribution in [0.3, 0.4) is 0 Å². The molecular formula is C12H28N2O. The summed E-state index contributed by atoms with van der Waals surface area (Å²) in [7, 11) is 3.96. The first-order valence-electron chi connectivity index (χ1n) is 6.08. The Kier molecular flexibility index (Phi) is 8.02. The van der Waals surface area contributed by atoms with Gasteiger partial charge in [-0.15, -0.1) is 0 Å². The minimum atomic E-state index is 0.656. The maximum absolute atomic E-state index is 5.11. The number of ether oxygens (including phenoxy) is 1. The van der Waals surface area contributed by atoms with E-state index in [1.54, 1.807) is 7.11 Å². The quantitative estimate of drug-likeness (QED) is 0.714. The summed E-state index contributed by atoms with van der Waals surface area (Å²) in [4.78, 5) is 4.93. The zero-order valence-electron chi connectivity index (χ0n) is 11.3. The Balaban J connectivity index is 0.000000921. The molecule has 15 heavy (non-hydrogen) atoms. The molecule has 1 rings (SSSR count). The Morgan fingerprint density at radius 1 is 1.13 bits per heavy atom. The van der Waals surface area contributed by atoms with Gasteiger partial charge in [-0.1, -0.05) is 13.8 Å². The van der Waals surface area contributed by atoms with Crippen LogP contribution in [0.4, 0.5) is 0 Å². The zero-order valence-corrected chi connectivity index (χ0v) is 11.3. The topological polar surface area (TPSA) is 15.7 Å². The van der Waals surface area contributed by atoms with Crippen LogP contribution in [0, 0.1) is 0 Å². The van der Waals surface area contributed by atoms with E-state index in [1.807, 2.05) is 13.8 Å². The van der Waals surface area contributed by atoms with E-state index in [2.05, 4.69) is 30.7 Å². The fraction of sp³-hybridized carbons (Fsp3) is 1.00. The molecule has 3 heteroatoms. The minimum absolute atomic E-state index is 0.656. The van der Waals surface area contributed by atoms with Crippen LogP contribution in [0.5, 0.6) is 0 Å². The summed E-state index contributed by atoms with van der Waals surface area (Å²) in [5.41, 5.74) is 0. The summed E-state index contributed by atoms with van der Waals surface area (Å²) >= 11 is 0. The molecule has 1 fully saturated rings. The summed E-state index contributed by atoms with van der Waals surface area (Å²) in [5.74, 6) is 0. The van der Waals surface area contributed by atoms with E-state index in [0.717, 1.165) is 13.2 Å². The summed E-state index contributed by atoms with van der Waals surface area (Å²) in [6, 6.07) is 1.31. The van der Waals surface area contributed by atoms with E-state index in [4.69, 9.17) is 4.74 Å². The number of likely N-dealkylation sites (N-methyl/N-ethyl adjacent to an activating group) is 1. The van der Waals surface area contributed by atoms with Crippen LogP contribution in [0.25, 0.3) is 0 Å². The van der Waals surface area contributed by atoms with E-state index < -0.39 is 0 Å². The minimum Gasteiger partial charge on any atom is -0.383 e. The van der Waals surface area contributed by atoms with Crippen LogP contribution >= 0.6 is 0 Å². The van der Waals surface area contributed by atoms with Crippen LogP contribution in [0.1, 0.15) is 27.7 Å². The van der Waals surface area contributed by atoms with E-state index in [9.17, 15) is 0 Å². The Morgan fingerprint density at radius 2 is 1.60 bits per heavy atom. The van der Waals surface area contributed by atoms with Gasteiger partial charge in [0, 0.05) is 38.8 Å². The maximum Gasteiger partial charge on any atom is 0.0589 e. The van der Waals surface area contributed by atoms with Crippen molar-refractivity contribution in [2.24, 2.45) is 0 Å². The Bertz CT molecular complexity index is 141. The summed E-state index contributed by atoms with van der Waals surface area (Å²) in [6.45, 7) is 12.8. The van der Waals surface area contributed by atoms with Gasteiger partial charge in [0.15, 0.2) is 0 Å². The lowest BCUT2D eigenvalue weighted by Gasteiger charge is -2.43. The molecule has 2 unspecified atom stereocenters. The van der Waals surface area contributed by atoms with Gasteiger partial charge < -0.3 is 9.64 Å². The largest absolute Gasteiger partial charge is 0.383 e. The number of methoxy groups -OCH3 is 1. The molecule has 1 aliphatic heterocycles. The van der Waals surface area contributed by atoms with Gasteiger partial charge in [-0.3, -0.25) is 4.90 Å². The van der Waals surface area contributed by atoms with Gasteiger partial charge in [0.1, 0.15) is 0 Å². The summed E-state index contributed by atoms with van der Waals surface area (Å²) < 4.78 is 5.11. The van der Waals surface area contributed by atoms with E-state index in [0.29, 0.717) is 12.1 Å². The lowest BCUT2D eigenvalue weighted by atomic mass is 10.1. The Hall–Kier alpha value is -0.120. The molecule has 1 saturated heterocycles. The van der Waals surface area contributed by atoms with Crippen LogP contribution < -0.4 is 0 Å². The lowest BCUT2D eigenvalue weighted by molar-refractivity contribution is 0.0313. The third-order valence-corrected chi connectivity index (χ3v) is 2.84. The van der Waals surface area contributed by atoms with E-state index in [-0.39, 0.29) is 0 Å². The molecule has 0 aromatic rings. The molecular weight excluding hydrogens is 188 g/mol. The first-order valence-corrected chi connectivity index (χ1v) is 6.08. The zero-order chi connectivity index (χ0) is 11.8. The van der Waals surface area contributed by atoms with Gasteiger partial charge in [-0.2, -0.15) is 0 Å². The average Bonchev–Trinajstić information content (AvgIpc) is 2.19. The highest BCUT2D eigenvalue weighted by atomic mass is 16.5. The predicted octanol–water partition coefficient (Wildman–Crippen LogP) is 1.68. The molecule has 0 N–H and O–H groups in total. The van der Waals surface area contributed by atoms with Crippen molar-refractivity contribution in [3.63, 3.8) is 0 Å². The fourth-order valence-corrected chi connectivity index (χ4v) is 2.26. The van der Waals surface area contributed by atoms with Gasteiger partial charge in [0.25, 0.3) is 0 Å². The second kappa shape index (κ2) is 8.08. The average molecular weight is 216 g/mol. The Morgan fingerprint density at radius 3 is 2.00 bits per heavy atom. The molecule has 0 bridgehead atoms. The highest BCUT2D eigenvalue weighted by molar-refractivity contribution is 4.83. The standard InChI is InChI=1S/C10H22N2O.C2H6/c1-9-7-11(3)8-10(2)12(9)5-6-13-4;1-2/h9-10H,5-8H2,1-4H3;1-2H3. The van der Waals surface area contributed by atoms with Crippen LogP contribution in [-0.4, -0.2) is 62.3 Å². The number of nitrogens with zero attached hydrogens (tertiary/aromatic N) is 2. The van der Waals surface area contributed by atoms with Crippen molar-refractivity contribution in [3.8, 4) is 0 Å². The second-order valence-electron chi connectivity index (χ2n) is 4.15. The number of piperazine rings is 1. The normalized spacial score (nSPS) is 28.4. The van der Waals surface area contributed by atoms with Crippen LogP contribution in [-0.2, 0) is 4.74 Å². The summed E-state index contributed by atoms with van der Waals surface area (Å²) in [5, 5.41) is 0. The van der Waals surface area contributed by atoms with Crippen molar-refractivity contribution < 1.29 is 4.74 Å². The SMILES string of the molecule is CC.COCCN1C(C)CN(C)CC1C. The molecule has 1 heterocycles. The first-order chi connectivity index (χ1) is 7.15. The Labute approximate surface area is 95.4 Å². The van der Waals surface area contributed by atoms with Gasteiger partial charge >= 0.3 is 0 Å². The van der Waals surface area contributed by atoms with Crippen LogP contribution in [0.15, 0.2) is 0 Å². The monoisotopic (exact) mass is 216 g/mol. The summed E-state index contributed by atoms with van der Waals surface area (Å²) in [6.07, 6.45) is 0. The molecule has 0 aliphatic carbocycles. The third-order valence-electron chi connectivity index (χ3n) is 2.84. The molecule has 2 atom stereocenters. The van der Waals surface area contributed by atoms with Gasteiger partial charge in [-0.05, 0) is 20.9 Å². The highest BCUT2D eigenvalue weighted by Gasteiger charge is 2.26. The molecule has 0 radical (unpaired) electrons. The van der Waals surface area contributed by atoms with E-state index in [1.165, 1.54) is 13.1 Å². The van der Waals surface area contributed by atoms with Crippen molar-refractivity contribution in [2.75, 3.05) is 40.4 Å². The number of hydrogen-bond acceptors (Lipinski definition) is 3. The molecule has 0 amide bonds. The van der Waals surface area contributed by atoms with Crippen molar-refractivity contribution in [2.45, 2.75) is 39.8 Å². The van der Waals surface area contributed by atoms with Gasteiger partial charge in [0.2, 0.25) is 0 Å². The maximum atomic E-state index is 5.11. The van der Waals surface area contributed by atoms with Gasteiger partial charge in [0.05, 0.1) is 6.61 Å². The highest BCUT2D eigenvalue weighted by Crippen LogP contribution is 2.13. The molecule has 92 valence electrons. The van der Waals surface area contributed by atoms with Crippen molar-refractivity contribution >= 4 is 0 Å². The van der Waals surface area contributed by atoms with Crippen molar-refractivity contribution in [1.82, 2.24) is 9.80 Å². The second-order valence-corrected chi connectivity index (χ2v) is 4.15. The van der Waals surface area contributed by atoms with Crippen molar-refractivity contribution in [1.29, 1.82) is 0 Å². The predicted molar refractivity (Wildman–Crippen MR) is 66.4 cm³/mol. The molecule has 0 spiro atoms. The number of rotatable bonds is 3. The first kappa shape index (κ1) is 14.9. The molecule has 0 aromatic heterocycles. The number of hydrogen-bond donors (Lipinski definition) is 0. The van der Waals surface area contributed by atoms with Crippen LogP contribution in [0.2, 0.25) is 0 Å². The third kappa shape index (κ3) is 4.96. The molecule has 1 aliphatic rings. The van der Waals surface area contributed by atoms with Crippen molar-refractivity contribution in [3.05, 3.63) is 0 Å². The fourth-order valence-electron chi connectivity index (χ4n) is 2.26. The van der Waals surface area contributed by atoms with Gasteiger partial charge in [-0.25, -0.2) is 0 Å².